The monoisotopic (exact) mass is 415 g/mol. The van der Waals surface area contributed by atoms with Crippen LogP contribution in [0.25, 0.3) is 0 Å². The first-order valence-corrected chi connectivity index (χ1v) is 10.1. The van der Waals surface area contributed by atoms with Crippen LogP contribution in [0.4, 0.5) is 8.78 Å². The Hall–Kier alpha value is -1.84. The number of hydrogen-bond donors (Lipinski definition) is 2. The number of ether oxygens (including phenoxy) is 1. The van der Waals surface area contributed by atoms with E-state index in [0.29, 0.717) is 31.4 Å². The fourth-order valence-corrected chi connectivity index (χ4v) is 3.39. The second kappa shape index (κ2) is 11.4. The number of hydroxylamine groups is 2. The Morgan fingerprint density at radius 2 is 2.00 bits per heavy atom. The molecule has 2 N–H and O–H groups in total. The highest BCUT2D eigenvalue weighted by Gasteiger charge is 2.31. The predicted molar refractivity (Wildman–Crippen MR) is 103 cm³/mol. The molecule has 2 aliphatic rings. The van der Waals surface area contributed by atoms with Gasteiger partial charge in [0.05, 0.1) is 13.2 Å². The van der Waals surface area contributed by atoms with Crippen LogP contribution in [0.15, 0.2) is 24.4 Å². The number of halogens is 2. The zero-order chi connectivity index (χ0) is 21.3. The Labute approximate surface area is 170 Å². The van der Waals surface area contributed by atoms with Crippen LogP contribution in [0.2, 0.25) is 0 Å². The summed E-state index contributed by atoms with van der Waals surface area (Å²) in [5.41, 5.74) is 0. The van der Waals surface area contributed by atoms with E-state index < -0.39 is 17.9 Å². The Morgan fingerprint density at radius 3 is 2.48 bits per heavy atom. The molecule has 1 unspecified atom stereocenters. The second-order valence-electron chi connectivity index (χ2n) is 7.57. The first kappa shape index (κ1) is 23.4. The highest BCUT2D eigenvalue weighted by molar-refractivity contribution is 5.73. The molecule has 0 saturated carbocycles. The lowest BCUT2D eigenvalue weighted by molar-refractivity contribution is -0.160. The lowest BCUT2D eigenvalue weighted by Crippen LogP contribution is -2.42. The number of carbonyl (C=O) groups is 1. The molecule has 1 aromatic heterocycles. The van der Waals surface area contributed by atoms with Crippen molar-refractivity contribution in [2.75, 3.05) is 32.8 Å². The number of aliphatic carboxylic acids is 1. The number of piperidine rings is 1. The molecular formula is C20H31F2N3O4. The van der Waals surface area contributed by atoms with Crippen molar-refractivity contribution >= 4 is 5.97 Å². The third-order valence-corrected chi connectivity index (χ3v) is 5.29. The standard InChI is InChI=1S/C15H22F2N2O.C5H9NO3/c1-2-15(16,17)12-19-9-6-13(7-10-19)11-20-14-5-3-4-8-18-14;7-5(8)4-2-1-3-6(4)9/h3-5,8,13H,2,6-7,9-12H2,1H3;4,9H,1-3H2,(H,7,8). The van der Waals surface area contributed by atoms with Crippen molar-refractivity contribution in [2.45, 2.75) is 51.0 Å². The fourth-order valence-electron chi connectivity index (χ4n) is 3.39. The summed E-state index contributed by atoms with van der Waals surface area (Å²) in [5, 5.41) is 18.1. The van der Waals surface area contributed by atoms with Crippen molar-refractivity contribution in [3.63, 3.8) is 0 Å². The van der Waals surface area contributed by atoms with E-state index in [1.165, 1.54) is 6.92 Å². The van der Waals surface area contributed by atoms with Crippen molar-refractivity contribution in [3.8, 4) is 5.88 Å². The molecule has 0 amide bonds. The first-order chi connectivity index (χ1) is 13.8. The summed E-state index contributed by atoms with van der Waals surface area (Å²) in [5.74, 6) is -2.43. The van der Waals surface area contributed by atoms with Crippen LogP contribution < -0.4 is 4.74 Å². The van der Waals surface area contributed by atoms with Crippen LogP contribution in [0.1, 0.15) is 39.0 Å². The minimum absolute atomic E-state index is 0.0876. The molecule has 29 heavy (non-hydrogen) atoms. The topological polar surface area (TPSA) is 86.1 Å². The van der Waals surface area contributed by atoms with Crippen molar-refractivity contribution in [1.29, 1.82) is 0 Å². The molecule has 0 bridgehead atoms. The van der Waals surface area contributed by atoms with E-state index >= 15 is 0 Å². The maximum Gasteiger partial charge on any atom is 0.323 e. The molecule has 3 heterocycles. The van der Waals surface area contributed by atoms with E-state index in [1.807, 2.05) is 23.1 Å². The summed E-state index contributed by atoms with van der Waals surface area (Å²) in [6.45, 7) is 3.98. The highest BCUT2D eigenvalue weighted by Crippen LogP contribution is 2.24. The van der Waals surface area contributed by atoms with E-state index in [4.69, 9.17) is 15.1 Å². The quantitative estimate of drug-likeness (QED) is 0.708. The largest absolute Gasteiger partial charge is 0.480 e. The SMILES string of the molecule is CCC(F)(F)CN1CCC(COc2ccccn2)CC1.O=C(O)C1CCCN1O. The molecular weight excluding hydrogens is 384 g/mol. The lowest BCUT2D eigenvalue weighted by Gasteiger charge is -2.33. The van der Waals surface area contributed by atoms with E-state index in [2.05, 4.69) is 4.98 Å². The van der Waals surface area contributed by atoms with Gasteiger partial charge in [0.2, 0.25) is 5.88 Å². The number of likely N-dealkylation sites (tertiary alicyclic amines) is 1. The van der Waals surface area contributed by atoms with Crippen molar-refractivity contribution < 1.29 is 28.6 Å². The molecule has 0 aliphatic carbocycles. The average molecular weight is 415 g/mol. The van der Waals surface area contributed by atoms with Gasteiger partial charge in [-0.25, -0.2) is 13.8 Å². The minimum Gasteiger partial charge on any atom is -0.480 e. The summed E-state index contributed by atoms with van der Waals surface area (Å²) in [6.07, 6.45) is 4.76. The number of nitrogens with zero attached hydrogens (tertiary/aromatic N) is 3. The van der Waals surface area contributed by atoms with Gasteiger partial charge in [-0.05, 0) is 50.8 Å². The molecule has 3 rings (SSSR count). The van der Waals surface area contributed by atoms with Gasteiger partial charge in [0, 0.05) is 25.2 Å². The number of carboxylic acid groups (broad SMARTS) is 1. The van der Waals surface area contributed by atoms with E-state index in [1.54, 1.807) is 6.20 Å². The van der Waals surface area contributed by atoms with Gasteiger partial charge in [0.25, 0.3) is 5.92 Å². The van der Waals surface area contributed by atoms with Gasteiger partial charge in [-0.3, -0.25) is 9.69 Å². The number of pyridine rings is 1. The number of alkyl halides is 2. The molecule has 0 spiro atoms. The summed E-state index contributed by atoms with van der Waals surface area (Å²) in [7, 11) is 0. The second-order valence-corrected chi connectivity index (χ2v) is 7.57. The van der Waals surface area contributed by atoms with Gasteiger partial charge in [-0.2, -0.15) is 5.06 Å². The number of rotatable bonds is 7. The lowest BCUT2D eigenvalue weighted by atomic mass is 9.97. The minimum atomic E-state index is -2.56. The molecule has 0 radical (unpaired) electrons. The van der Waals surface area contributed by atoms with Crippen LogP contribution in [0.5, 0.6) is 5.88 Å². The molecule has 0 aromatic carbocycles. The van der Waals surface area contributed by atoms with Crippen LogP contribution in [0.3, 0.4) is 0 Å². The van der Waals surface area contributed by atoms with Crippen molar-refractivity contribution in [3.05, 3.63) is 24.4 Å². The molecule has 164 valence electrons. The Balaban J connectivity index is 0.000000278. The predicted octanol–water partition coefficient (Wildman–Crippen LogP) is 3.14. The molecule has 2 aliphatic heterocycles. The summed E-state index contributed by atoms with van der Waals surface area (Å²) in [4.78, 5) is 16.2. The molecule has 2 fully saturated rings. The van der Waals surface area contributed by atoms with Gasteiger partial charge in [0.15, 0.2) is 0 Å². The molecule has 1 atom stereocenters. The van der Waals surface area contributed by atoms with Crippen LogP contribution in [-0.4, -0.2) is 76.0 Å². The van der Waals surface area contributed by atoms with Crippen molar-refractivity contribution in [1.82, 2.24) is 14.9 Å². The van der Waals surface area contributed by atoms with E-state index in [-0.39, 0.29) is 13.0 Å². The number of aromatic nitrogens is 1. The van der Waals surface area contributed by atoms with Crippen molar-refractivity contribution in [2.24, 2.45) is 5.92 Å². The molecule has 9 heteroatoms. The van der Waals surface area contributed by atoms with Gasteiger partial charge in [-0.1, -0.05) is 13.0 Å². The van der Waals surface area contributed by atoms with Gasteiger partial charge < -0.3 is 15.1 Å². The smallest absolute Gasteiger partial charge is 0.323 e. The summed E-state index contributed by atoms with van der Waals surface area (Å²) >= 11 is 0. The maximum atomic E-state index is 13.3. The third-order valence-electron chi connectivity index (χ3n) is 5.29. The summed E-state index contributed by atoms with van der Waals surface area (Å²) < 4.78 is 32.3. The molecule has 1 aromatic rings. The van der Waals surface area contributed by atoms with Crippen LogP contribution >= 0.6 is 0 Å². The van der Waals surface area contributed by atoms with E-state index in [0.717, 1.165) is 37.4 Å². The van der Waals surface area contributed by atoms with Gasteiger partial charge >= 0.3 is 5.97 Å². The van der Waals surface area contributed by atoms with Gasteiger partial charge in [0.1, 0.15) is 6.04 Å². The summed E-state index contributed by atoms with van der Waals surface area (Å²) in [6, 6.07) is 4.90. The van der Waals surface area contributed by atoms with E-state index in [9.17, 15) is 13.6 Å². The Bertz CT molecular complexity index is 613. The highest BCUT2D eigenvalue weighted by atomic mass is 19.3. The average Bonchev–Trinajstić information content (AvgIpc) is 3.15. The van der Waals surface area contributed by atoms with Crippen LogP contribution in [-0.2, 0) is 4.79 Å². The normalized spacial score (nSPS) is 21.4. The zero-order valence-corrected chi connectivity index (χ0v) is 16.8. The fraction of sp³-hybridized carbons (Fsp3) is 0.700. The first-order valence-electron chi connectivity index (χ1n) is 10.1. The molecule has 2 saturated heterocycles. The molecule has 7 nitrogen and oxygen atoms in total. The maximum absolute atomic E-state index is 13.3. The van der Waals surface area contributed by atoms with Gasteiger partial charge in [-0.15, -0.1) is 0 Å². The zero-order valence-electron chi connectivity index (χ0n) is 16.8. The Morgan fingerprint density at radius 1 is 1.28 bits per heavy atom. The number of hydrogen-bond acceptors (Lipinski definition) is 6. The third kappa shape index (κ3) is 8.20. The number of carboxylic acids is 1. The Kier molecular flexibility index (Phi) is 9.19. The van der Waals surface area contributed by atoms with Crippen LogP contribution in [0, 0.1) is 5.92 Å².